The number of rotatable bonds is 3. The first-order valence-corrected chi connectivity index (χ1v) is 7.47. The number of hydrogen-bond donors (Lipinski definition) is 1. The largest absolute Gasteiger partial charge is 0.371 e. The van der Waals surface area contributed by atoms with Crippen molar-refractivity contribution in [2.75, 3.05) is 11.9 Å². The number of benzene rings is 1. The quantitative estimate of drug-likeness (QED) is 0.791. The van der Waals surface area contributed by atoms with Crippen LogP contribution in [0.15, 0.2) is 30.3 Å². The van der Waals surface area contributed by atoms with Gasteiger partial charge in [0.1, 0.15) is 17.7 Å². The Morgan fingerprint density at radius 3 is 3.09 bits per heavy atom. The lowest BCUT2D eigenvalue weighted by Gasteiger charge is -2.20. The summed E-state index contributed by atoms with van der Waals surface area (Å²) in [4.78, 5) is 0. The SMILES string of the molecule is Fc1cc([C@@H]2OCC[C@@H]2Nc2ccc3nnnn3n2)ccc1Cl. The molecule has 3 aromatic rings. The molecule has 1 fully saturated rings. The number of aromatic nitrogens is 5. The maximum Gasteiger partial charge on any atom is 0.200 e. The zero-order valence-electron chi connectivity index (χ0n) is 11.9. The fourth-order valence-corrected chi connectivity index (χ4v) is 2.79. The van der Waals surface area contributed by atoms with E-state index in [0.29, 0.717) is 18.1 Å². The minimum absolute atomic E-state index is 0.0305. The van der Waals surface area contributed by atoms with E-state index in [1.54, 1.807) is 18.2 Å². The third-order valence-electron chi connectivity index (χ3n) is 3.77. The molecule has 0 saturated carbocycles. The van der Waals surface area contributed by atoms with E-state index in [2.05, 4.69) is 25.9 Å². The summed E-state index contributed by atoms with van der Waals surface area (Å²) in [5.41, 5.74) is 1.31. The lowest BCUT2D eigenvalue weighted by molar-refractivity contribution is 0.107. The number of halogens is 2. The number of nitrogens with zero attached hydrogens (tertiary/aromatic N) is 5. The van der Waals surface area contributed by atoms with Crippen LogP contribution in [0.25, 0.3) is 5.65 Å². The molecule has 0 bridgehead atoms. The molecule has 0 aliphatic carbocycles. The molecule has 1 aliphatic heterocycles. The highest BCUT2D eigenvalue weighted by Crippen LogP contribution is 2.32. The Balaban J connectivity index is 1.58. The van der Waals surface area contributed by atoms with Crippen LogP contribution in [0.1, 0.15) is 18.1 Å². The van der Waals surface area contributed by atoms with E-state index in [1.807, 2.05) is 0 Å². The van der Waals surface area contributed by atoms with Gasteiger partial charge in [-0.3, -0.25) is 0 Å². The van der Waals surface area contributed by atoms with E-state index in [1.165, 1.54) is 16.8 Å². The number of fused-ring (bicyclic) bond motifs is 1. The first-order valence-electron chi connectivity index (χ1n) is 7.09. The lowest BCUT2D eigenvalue weighted by Crippen LogP contribution is -2.24. The van der Waals surface area contributed by atoms with E-state index < -0.39 is 5.82 Å². The van der Waals surface area contributed by atoms with Gasteiger partial charge in [0, 0.05) is 6.61 Å². The Kier molecular flexibility index (Phi) is 3.55. The summed E-state index contributed by atoms with van der Waals surface area (Å²) in [6, 6.07) is 8.25. The number of ether oxygens (including phenoxy) is 1. The van der Waals surface area contributed by atoms with E-state index in [-0.39, 0.29) is 17.2 Å². The van der Waals surface area contributed by atoms with Gasteiger partial charge in [0.05, 0.1) is 11.1 Å². The molecule has 2 aromatic heterocycles. The first kappa shape index (κ1) is 14.3. The molecular weight excluding hydrogens is 323 g/mol. The molecule has 3 heterocycles. The smallest absolute Gasteiger partial charge is 0.200 e. The van der Waals surface area contributed by atoms with Crippen molar-refractivity contribution in [1.29, 1.82) is 0 Å². The van der Waals surface area contributed by atoms with Crippen LogP contribution < -0.4 is 5.32 Å². The highest BCUT2D eigenvalue weighted by Gasteiger charge is 2.30. The molecular formula is C14H12ClFN6O. The van der Waals surface area contributed by atoms with Gasteiger partial charge in [-0.05, 0) is 46.7 Å². The Morgan fingerprint density at radius 1 is 1.30 bits per heavy atom. The second-order valence-electron chi connectivity index (χ2n) is 5.25. The molecule has 23 heavy (non-hydrogen) atoms. The standard InChI is InChI=1S/C14H12ClFN6O/c15-9-2-1-8(7-10(9)16)14-11(5-6-23-14)17-12-3-4-13-18-20-21-22(13)19-12/h1-4,7,11,14H,5-6H2,(H,17,19)/t11-,14-/m0/s1. The van der Waals surface area contributed by atoms with Crippen LogP contribution in [0.2, 0.25) is 5.02 Å². The second kappa shape index (κ2) is 5.71. The highest BCUT2D eigenvalue weighted by atomic mass is 35.5. The van der Waals surface area contributed by atoms with Crippen molar-refractivity contribution in [3.63, 3.8) is 0 Å². The molecule has 1 aliphatic rings. The molecule has 2 atom stereocenters. The Morgan fingerprint density at radius 2 is 2.22 bits per heavy atom. The fraction of sp³-hybridized carbons (Fsp3) is 0.286. The minimum atomic E-state index is -0.452. The third kappa shape index (κ3) is 2.71. The van der Waals surface area contributed by atoms with Crippen molar-refractivity contribution in [2.45, 2.75) is 18.6 Å². The summed E-state index contributed by atoms with van der Waals surface area (Å²) in [7, 11) is 0. The van der Waals surface area contributed by atoms with Gasteiger partial charge in [-0.25, -0.2) is 4.39 Å². The molecule has 1 N–H and O–H groups in total. The van der Waals surface area contributed by atoms with Crippen molar-refractivity contribution >= 4 is 23.1 Å². The number of tetrazole rings is 1. The number of hydrogen-bond acceptors (Lipinski definition) is 6. The maximum absolute atomic E-state index is 13.7. The monoisotopic (exact) mass is 334 g/mol. The molecule has 4 rings (SSSR count). The number of nitrogens with one attached hydrogen (secondary N) is 1. The second-order valence-corrected chi connectivity index (χ2v) is 5.66. The van der Waals surface area contributed by atoms with Crippen molar-refractivity contribution < 1.29 is 9.13 Å². The van der Waals surface area contributed by atoms with Crippen LogP contribution in [-0.4, -0.2) is 37.9 Å². The molecule has 1 aromatic carbocycles. The van der Waals surface area contributed by atoms with E-state index in [4.69, 9.17) is 16.3 Å². The minimum Gasteiger partial charge on any atom is -0.371 e. The summed E-state index contributed by atoms with van der Waals surface area (Å²) in [6.45, 7) is 0.583. The van der Waals surface area contributed by atoms with E-state index in [9.17, 15) is 4.39 Å². The van der Waals surface area contributed by atoms with Crippen LogP contribution in [0.3, 0.4) is 0 Å². The van der Waals surface area contributed by atoms with Gasteiger partial charge >= 0.3 is 0 Å². The van der Waals surface area contributed by atoms with Gasteiger partial charge < -0.3 is 10.1 Å². The topological polar surface area (TPSA) is 77.2 Å². The first-order chi connectivity index (χ1) is 11.2. The van der Waals surface area contributed by atoms with E-state index >= 15 is 0 Å². The predicted molar refractivity (Wildman–Crippen MR) is 80.7 cm³/mol. The molecule has 7 nitrogen and oxygen atoms in total. The Hall–Kier alpha value is -2.32. The Labute approximate surface area is 135 Å². The van der Waals surface area contributed by atoms with E-state index in [0.717, 1.165) is 12.0 Å². The average molecular weight is 335 g/mol. The molecule has 0 unspecified atom stereocenters. The zero-order chi connectivity index (χ0) is 15.8. The van der Waals surface area contributed by atoms with Gasteiger partial charge in [-0.15, -0.1) is 14.8 Å². The van der Waals surface area contributed by atoms with Crippen molar-refractivity contribution in [1.82, 2.24) is 25.3 Å². The summed E-state index contributed by atoms with van der Waals surface area (Å²) in [6.07, 6.45) is 0.512. The van der Waals surface area contributed by atoms with Crippen molar-refractivity contribution in [2.24, 2.45) is 0 Å². The van der Waals surface area contributed by atoms with Crippen LogP contribution in [-0.2, 0) is 4.74 Å². The van der Waals surface area contributed by atoms with Crippen LogP contribution >= 0.6 is 11.6 Å². The lowest BCUT2D eigenvalue weighted by atomic mass is 10.0. The molecule has 0 spiro atoms. The van der Waals surface area contributed by atoms with Gasteiger partial charge in [-0.2, -0.15) is 0 Å². The summed E-state index contributed by atoms with van der Waals surface area (Å²) >= 11 is 5.74. The maximum atomic E-state index is 13.7. The molecule has 9 heteroatoms. The molecule has 0 amide bonds. The molecule has 118 valence electrons. The fourth-order valence-electron chi connectivity index (χ4n) is 2.67. The van der Waals surface area contributed by atoms with Crippen LogP contribution in [0, 0.1) is 5.82 Å². The summed E-state index contributed by atoms with van der Waals surface area (Å²) < 4.78 is 20.8. The van der Waals surface area contributed by atoms with Crippen molar-refractivity contribution in [3.8, 4) is 0 Å². The van der Waals surface area contributed by atoms with Crippen LogP contribution in [0.5, 0.6) is 0 Å². The van der Waals surface area contributed by atoms with Gasteiger partial charge in [0.15, 0.2) is 5.65 Å². The van der Waals surface area contributed by atoms with Crippen LogP contribution in [0.4, 0.5) is 10.2 Å². The molecule has 1 saturated heterocycles. The average Bonchev–Trinajstić information content (AvgIpc) is 3.19. The zero-order valence-corrected chi connectivity index (χ0v) is 12.6. The predicted octanol–water partition coefficient (Wildman–Crippen LogP) is 2.25. The van der Waals surface area contributed by atoms with Gasteiger partial charge in [0.25, 0.3) is 0 Å². The molecule has 0 radical (unpaired) electrons. The third-order valence-corrected chi connectivity index (χ3v) is 4.07. The summed E-state index contributed by atoms with van der Waals surface area (Å²) in [5.74, 6) is 0.173. The van der Waals surface area contributed by atoms with Gasteiger partial charge in [0.2, 0.25) is 0 Å². The highest BCUT2D eigenvalue weighted by molar-refractivity contribution is 6.30. The van der Waals surface area contributed by atoms with Crippen molar-refractivity contribution in [3.05, 3.63) is 46.7 Å². The number of anilines is 1. The van der Waals surface area contributed by atoms with Gasteiger partial charge in [-0.1, -0.05) is 17.7 Å². The Bertz CT molecular complexity index is 856. The summed E-state index contributed by atoms with van der Waals surface area (Å²) in [5, 5.41) is 18.8. The normalized spacial score (nSPS) is 21.0.